The Bertz CT molecular complexity index is 867. The molecule has 1 heterocycles. The SMILES string of the molecule is Cc1ccc(-n2nc(C)c(NC(=O)NCc3ccccc3)c2C)cc1. The molecule has 0 bridgehead atoms. The van der Waals surface area contributed by atoms with Crippen molar-refractivity contribution in [1.29, 1.82) is 0 Å². The molecule has 5 nitrogen and oxygen atoms in total. The van der Waals surface area contributed by atoms with Crippen LogP contribution in [0.2, 0.25) is 0 Å². The lowest BCUT2D eigenvalue weighted by Gasteiger charge is -2.09. The zero-order chi connectivity index (χ0) is 17.8. The van der Waals surface area contributed by atoms with E-state index in [1.807, 2.05) is 73.1 Å². The zero-order valence-electron chi connectivity index (χ0n) is 14.7. The van der Waals surface area contributed by atoms with Crippen molar-refractivity contribution in [3.63, 3.8) is 0 Å². The average molecular weight is 334 g/mol. The van der Waals surface area contributed by atoms with Gasteiger partial charge >= 0.3 is 6.03 Å². The maximum absolute atomic E-state index is 12.2. The normalized spacial score (nSPS) is 10.5. The van der Waals surface area contributed by atoms with Crippen LogP contribution in [0.25, 0.3) is 5.69 Å². The molecule has 0 saturated heterocycles. The molecular weight excluding hydrogens is 312 g/mol. The second-order valence-electron chi connectivity index (χ2n) is 6.09. The van der Waals surface area contributed by atoms with Gasteiger partial charge in [0.1, 0.15) is 0 Å². The number of nitrogens with zero attached hydrogens (tertiary/aromatic N) is 2. The van der Waals surface area contributed by atoms with Crippen molar-refractivity contribution < 1.29 is 4.79 Å². The minimum absolute atomic E-state index is 0.237. The van der Waals surface area contributed by atoms with Crippen molar-refractivity contribution in [3.05, 3.63) is 77.1 Å². The minimum Gasteiger partial charge on any atom is -0.334 e. The summed E-state index contributed by atoms with van der Waals surface area (Å²) in [6.07, 6.45) is 0. The maximum atomic E-state index is 12.2. The number of rotatable bonds is 4. The third-order valence-corrected chi connectivity index (χ3v) is 4.10. The molecule has 0 atom stereocenters. The van der Waals surface area contributed by atoms with E-state index in [1.54, 1.807) is 0 Å². The molecule has 0 radical (unpaired) electrons. The summed E-state index contributed by atoms with van der Waals surface area (Å²) in [6, 6.07) is 17.7. The van der Waals surface area contributed by atoms with Crippen LogP contribution < -0.4 is 10.6 Å². The molecule has 0 saturated carbocycles. The molecule has 128 valence electrons. The Morgan fingerprint density at radius 1 is 1.00 bits per heavy atom. The summed E-state index contributed by atoms with van der Waals surface area (Å²) in [5.41, 5.74) is 5.66. The number of aryl methyl sites for hydroxylation is 2. The number of benzene rings is 2. The van der Waals surface area contributed by atoms with Gasteiger partial charge in [-0.05, 0) is 38.5 Å². The maximum Gasteiger partial charge on any atom is 0.319 e. The molecule has 1 aromatic heterocycles. The molecule has 0 aliphatic carbocycles. The predicted octanol–water partition coefficient (Wildman–Crippen LogP) is 4.12. The van der Waals surface area contributed by atoms with Crippen molar-refractivity contribution in [3.8, 4) is 5.69 Å². The Balaban J connectivity index is 1.72. The highest BCUT2D eigenvalue weighted by atomic mass is 16.2. The van der Waals surface area contributed by atoms with Gasteiger partial charge in [-0.2, -0.15) is 5.10 Å². The highest BCUT2D eigenvalue weighted by Crippen LogP contribution is 2.22. The Morgan fingerprint density at radius 2 is 1.68 bits per heavy atom. The van der Waals surface area contributed by atoms with Gasteiger partial charge in [-0.15, -0.1) is 0 Å². The number of aromatic nitrogens is 2. The largest absolute Gasteiger partial charge is 0.334 e. The number of anilines is 1. The van der Waals surface area contributed by atoms with Gasteiger partial charge in [-0.3, -0.25) is 0 Å². The zero-order valence-corrected chi connectivity index (χ0v) is 14.7. The molecule has 3 aromatic rings. The van der Waals surface area contributed by atoms with Crippen molar-refractivity contribution in [1.82, 2.24) is 15.1 Å². The lowest BCUT2D eigenvalue weighted by molar-refractivity contribution is 0.251. The smallest absolute Gasteiger partial charge is 0.319 e. The average Bonchev–Trinajstić information content (AvgIpc) is 2.90. The summed E-state index contributed by atoms with van der Waals surface area (Å²) in [6.45, 7) is 6.38. The second-order valence-corrected chi connectivity index (χ2v) is 6.09. The van der Waals surface area contributed by atoms with Crippen LogP contribution in [-0.2, 0) is 6.54 Å². The van der Waals surface area contributed by atoms with Crippen molar-refractivity contribution in [2.45, 2.75) is 27.3 Å². The van der Waals surface area contributed by atoms with Gasteiger partial charge in [0.05, 0.1) is 22.8 Å². The van der Waals surface area contributed by atoms with E-state index in [9.17, 15) is 4.79 Å². The number of hydrogen-bond donors (Lipinski definition) is 2. The first-order chi connectivity index (χ1) is 12.0. The van der Waals surface area contributed by atoms with E-state index in [-0.39, 0.29) is 6.03 Å². The lowest BCUT2D eigenvalue weighted by Crippen LogP contribution is -2.28. The molecule has 5 heteroatoms. The number of carbonyl (C=O) groups excluding carboxylic acids is 1. The molecule has 0 spiro atoms. The van der Waals surface area contributed by atoms with Crippen LogP contribution in [0.3, 0.4) is 0 Å². The molecule has 0 aliphatic heterocycles. The Kier molecular flexibility index (Phi) is 4.84. The molecule has 2 amide bonds. The molecule has 3 rings (SSSR count). The Labute approximate surface area is 147 Å². The van der Waals surface area contributed by atoms with Crippen LogP contribution >= 0.6 is 0 Å². The van der Waals surface area contributed by atoms with E-state index in [2.05, 4.69) is 22.7 Å². The second kappa shape index (κ2) is 7.21. The van der Waals surface area contributed by atoms with Gasteiger partial charge in [-0.25, -0.2) is 9.48 Å². The third-order valence-electron chi connectivity index (χ3n) is 4.10. The van der Waals surface area contributed by atoms with Crippen LogP contribution in [0.4, 0.5) is 10.5 Å². The van der Waals surface area contributed by atoms with Crippen molar-refractivity contribution in [2.75, 3.05) is 5.32 Å². The summed E-state index contributed by atoms with van der Waals surface area (Å²) in [7, 11) is 0. The standard InChI is InChI=1S/C20H22N4O/c1-14-9-11-18(12-10-14)24-16(3)19(15(2)23-24)22-20(25)21-13-17-7-5-4-6-8-17/h4-12H,13H2,1-3H3,(H2,21,22,25). The van der Waals surface area contributed by atoms with E-state index in [4.69, 9.17) is 0 Å². The fraction of sp³-hybridized carbons (Fsp3) is 0.200. The summed E-state index contributed by atoms with van der Waals surface area (Å²) < 4.78 is 1.85. The number of nitrogens with one attached hydrogen (secondary N) is 2. The number of urea groups is 1. The van der Waals surface area contributed by atoms with Crippen molar-refractivity contribution in [2.24, 2.45) is 0 Å². The van der Waals surface area contributed by atoms with Gasteiger partial charge in [0, 0.05) is 6.54 Å². The van der Waals surface area contributed by atoms with Crippen molar-refractivity contribution >= 4 is 11.7 Å². The summed E-state index contributed by atoms with van der Waals surface area (Å²) in [4.78, 5) is 12.2. The molecule has 2 aromatic carbocycles. The number of carbonyl (C=O) groups is 1. The topological polar surface area (TPSA) is 59.0 Å². The van der Waals surface area contributed by atoms with Gasteiger partial charge < -0.3 is 10.6 Å². The quantitative estimate of drug-likeness (QED) is 0.754. The molecular formula is C20H22N4O. The first-order valence-electron chi connectivity index (χ1n) is 8.26. The van der Waals surface area contributed by atoms with E-state index in [0.29, 0.717) is 6.54 Å². The molecule has 0 unspecified atom stereocenters. The number of amides is 2. The summed E-state index contributed by atoms with van der Waals surface area (Å²) in [5.74, 6) is 0. The van der Waals surface area contributed by atoms with E-state index >= 15 is 0 Å². The molecule has 2 N–H and O–H groups in total. The van der Waals surface area contributed by atoms with Crippen LogP contribution in [0, 0.1) is 20.8 Å². The van der Waals surface area contributed by atoms with Gasteiger partial charge in [0.15, 0.2) is 0 Å². The Hall–Kier alpha value is -3.08. The first kappa shape index (κ1) is 16.8. The van der Waals surface area contributed by atoms with Gasteiger partial charge in [0.2, 0.25) is 0 Å². The third kappa shape index (κ3) is 3.88. The van der Waals surface area contributed by atoms with Crippen LogP contribution in [-0.4, -0.2) is 15.8 Å². The molecule has 25 heavy (non-hydrogen) atoms. The van der Waals surface area contributed by atoms with Crippen LogP contribution in [0.15, 0.2) is 54.6 Å². The lowest BCUT2D eigenvalue weighted by atomic mass is 10.2. The molecule has 0 fully saturated rings. The van der Waals surface area contributed by atoms with E-state index in [0.717, 1.165) is 28.3 Å². The van der Waals surface area contributed by atoms with E-state index < -0.39 is 0 Å². The fourth-order valence-electron chi connectivity index (χ4n) is 2.70. The van der Waals surface area contributed by atoms with Crippen LogP contribution in [0.1, 0.15) is 22.5 Å². The van der Waals surface area contributed by atoms with E-state index in [1.165, 1.54) is 5.56 Å². The fourth-order valence-corrected chi connectivity index (χ4v) is 2.70. The van der Waals surface area contributed by atoms with Gasteiger partial charge in [-0.1, -0.05) is 48.0 Å². The monoisotopic (exact) mass is 334 g/mol. The predicted molar refractivity (Wildman–Crippen MR) is 100 cm³/mol. The first-order valence-corrected chi connectivity index (χ1v) is 8.26. The van der Waals surface area contributed by atoms with Gasteiger partial charge in [0.25, 0.3) is 0 Å². The highest BCUT2D eigenvalue weighted by molar-refractivity contribution is 5.90. The summed E-state index contributed by atoms with van der Waals surface area (Å²) >= 11 is 0. The highest BCUT2D eigenvalue weighted by Gasteiger charge is 2.15. The van der Waals surface area contributed by atoms with Crippen LogP contribution in [0.5, 0.6) is 0 Å². The Morgan fingerprint density at radius 3 is 2.36 bits per heavy atom. The minimum atomic E-state index is -0.237. The number of hydrogen-bond acceptors (Lipinski definition) is 2. The summed E-state index contributed by atoms with van der Waals surface area (Å²) in [5, 5.41) is 10.3. The molecule has 0 aliphatic rings.